The van der Waals surface area contributed by atoms with Gasteiger partial charge in [-0.15, -0.1) is 0 Å². The van der Waals surface area contributed by atoms with Crippen molar-refractivity contribution in [3.63, 3.8) is 0 Å². The van der Waals surface area contributed by atoms with Crippen molar-refractivity contribution in [2.75, 3.05) is 30.6 Å². The van der Waals surface area contributed by atoms with Gasteiger partial charge in [-0.2, -0.15) is 0 Å². The Morgan fingerprint density at radius 1 is 0.375 bits per heavy atom. The highest BCUT2D eigenvalue weighted by Gasteiger charge is 2.36. The molecule has 13 rings (SSSR count). The first kappa shape index (κ1) is 110. The van der Waals surface area contributed by atoms with Gasteiger partial charge in [0, 0.05) is 102 Å². The van der Waals surface area contributed by atoms with E-state index in [1.54, 1.807) is 79.9 Å². The lowest BCUT2D eigenvalue weighted by atomic mass is 9.90. The van der Waals surface area contributed by atoms with Gasteiger partial charge in [0.15, 0.2) is 41.1 Å². The number of anilines is 1. The van der Waals surface area contributed by atoms with Crippen molar-refractivity contribution in [3.8, 4) is 84.8 Å². The summed E-state index contributed by atoms with van der Waals surface area (Å²) in [5.41, 5.74) is 22.9. The molecule has 0 amide bonds. The predicted molar refractivity (Wildman–Crippen MR) is 547 cm³/mol. The lowest BCUT2D eigenvalue weighted by Gasteiger charge is -2.20. The predicted octanol–water partition coefficient (Wildman–Crippen LogP) is 22.8. The smallest absolute Gasteiger partial charge is 0.229 e. The summed E-state index contributed by atoms with van der Waals surface area (Å²) < 4.78 is 126. The number of nitrogens with one attached hydrogen (secondary N) is 1. The van der Waals surface area contributed by atoms with Gasteiger partial charge in [0.2, 0.25) is 10.0 Å². The molecule has 1 aliphatic rings. The summed E-state index contributed by atoms with van der Waals surface area (Å²) in [4.78, 5) is 59.2. The SMILES string of the molecule is COc1ccc(-c2cnc(C)c(C(C)(C)C)n2)cc1CS(C)(=O)=O.Cc1ncc(-c2ccc(NS(C)(=O)=O)cc2)nc1C(C)(C)C.Cc1ncc(-c2ccc(OC(C)C)c(Cl)c2)nc1C(C)(C)C.Cc1ncc(-c2ccc(OC(C)C)c(F)c2)nc1C(C)(C)C.Cc1ncc(-c2cccc(CS(=O)(=O)C3CC3)c2)nc1C(C)(C)C.Cc1ncc(-c2cncc(CS(C)(=O)=O)c2)nc1C(C)(C)C. The zero-order chi connectivity index (χ0) is 102. The van der Waals surface area contributed by atoms with E-state index >= 15 is 0 Å². The monoisotopic (exact) mass is 1950 g/mol. The van der Waals surface area contributed by atoms with Crippen LogP contribution in [0.4, 0.5) is 10.1 Å². The van der Waals surface area contributed by atoms with E-state index in [0.29, 0.717) is 50.3 Å². The molecule has 0 bridgehead atoms. The zero-order valence-corrected chi connectivity index (χ0v) is 89.0. The molecule has 12 aromatic rings. The molecule has 0 saturated heterocycles. The Kier molecular flexibility index (Phi) is 36.2. The van der Waals surface area contributed by atoms with Crippen molar-refractivity contribution in [2.45, 2.75) is 274 Å². The van der Waals surface area contributed by atoms with E-state index in [1.807, 2.05) is 142 Å². The molecule has 0 aliphatic heterocycles. The third kappa shape index (κ3) is 33.1. The second-order valence-electron chi connectivity index (χ2n) is 41.2. The maximum atomic E-state index is 14.1. The average Bonchev–Trinajstić information content (AvgIpc) is 1.42. The van der Waals surface area contributed by atoms with Gasteiger partial charge >= 0.3 is 0 Å². The molecule has 0 spiro atoms. The minimum atomic E-state index is -3.26. The molecule has 1 aliphatic carbocycles. The Bertz CT molecular complexity index is 6600. The van der Waals surface area contributed by atoms with Gasteiger partial charge in [0.25, 0.3) is 0 Å². The number of halogens is 2. The van der Waals surface area contributed by atoms with Crippen molar-refractivity contribution in [1.82, 2.24) is 64.8 Å². The number of aryl methyl sites for hydroxylation is 6. The van der Waals surface area contributed by atoms with Gasteiger partial charge in [-0.25, -0.2) is 68.0 Å². The Morgan fingerprint density at radius 2 is 0.699 bits per heavy atom. The summed E-state index contributed by atoms with van der Waals surface area (Å²) >= 11 is 6.31. The van der Waals surface area contributed by atoms with Crippen LogP contribution in [-0.4, -0.2) is 142 Å². The van der Waals surface area contributed by atoms with Gasteiger partial charge in [-0.1, -0.05) is 167 Å². The van der Waals surface area contributed by atoms with Gasteiger partial charge in [0.05, 0.1) is 193 Å². The third-order valence-electron chi connectivity index (χ3n) is 20.8. The summed E-state index contributed by atoms with van der Waals surface area (Å²) in [5, 5.41) is 0.457. The van der Waals surface area contributed by atoms with Crippen LogP contribution in [0.25, 0.3) is 67.5 Å². The minimum absolute atomic E-state index is 0.0285. The zero-order valence-electron chi connectivity index (χ0n) is 85.0. The van der Waals surface area contributed by atoms with E-state index in [0.717, 1.165) is 144 Å². The third-order valence-corrected chi connectivity index (χ3v) is 25.6. The normalized spacial score (nSPS) is 12.7. The van der Waals surface area contributed by atoms with E-state index in [2.05, 4.69) is 169 Å². The number of benzene rings is 5. The number of sulfonamides is 1. The fourth-order valence-corrected chi connectivity index (χ4v) is 18.8. The molecule has 0 radical (unpaired) electrons. The number of hydrogen-bond donors (Lipinski definition) is 1. The molecule has 136 heavy (non-hydrogen) atoms. The van der Waals surface area contributed by atoms with Crippen molar-refractivity contribution in [1.29, 1.82) is 0 Å². The Labute approximate surface area is 812 Å². The molecule has 25 nitrogen and oxygen atoms in total. The molecule has 730 valence electrons. The fraction of sp³-hybridized carbons (Fsp3) is 0.438. The molecule has 1 saturated carbocycles. The van der Waals surface area contributed by atoms with Crippen LogP contribution in [0.2, 0.25) is 5.02 Å². The van der Waals surface area contributed by atoms with Gasteiger partial charge in [-0.05, 0) is 172 Å². The maximum absolute atomic E-state index is 14.1. The number of methoxy groups -OCH3 is 1. The molecule has 31 heteroatoms. The molecule has 1 fully saturated rings. The van der Waals surface area contributed by atoms with Crippen LogP contribution in [-0.2, 0) is 89.3 Å². The van der Waals surface area contributed by atoms with Crippen LogP contribution in [0.5, 0.6) is 17.2 Å². The van der Waals surface area contributed by atoms with Crippen molar-refractivity contribution in [2.24, 2.45) is 0 Å². The van der Waals surface area contributed by atoms with E-state index in [4.69, 9.17) is 50.7 Å². The minimum Gasteiger partial charge on any atom is -0.496 e. The van der Waals surface area contributed by atoms with E-state index < -0.39 is 39.5 Å². The first-order chi connectivity index (χ1) is 62.7. The second kappa shape index (κ2) is 44.6. The van der Waals surface area contributed by atoms with Crippen LogP contribution >= 0.6 is 11.6 Å². The molecule has 7 aromatic heterocycles. The van der Waals surface area contributed by atoms with E-state index in [1.165, 1.54) is 25.7 Å². The topological polar surface area (TPSA) is 344 Å². The van der Waals surface area contributed by atoms with E-state index in [-0.39, 0.29) is 78.8 Å². The van der Waals surface area contributed by atoms with Crippen LogP contribution in [0.1, 0.15) is 250 Å². The molecule has 1 N–H and O–H groups in total. The number of hydrogen-bond acceptors (Lipinski definition) is 24. The van der Waals surface area contributed by atoms with Crippen LogP contribution < -0.4 is 18.9 Å². The highest BCUT2D eigenvalue weighted by Crippen LogP contribution is 2.38. The van der Waals surface area contributed by atoms with E-state index in [9.17, 15) is 38.1 Å². The average molecular weight is 1950 g/mol. The number of aromatic nitrogens is 13. The summed E-state index contributed by atoms with van der Waals surface area (Å²) in [6, 6.07) is 32.6. The van der Waals surface area contributed by atoms with Crippen molar-refractivity contribution in [3.05, 3.63) is 255 Å². The summed E-state index contributed by atoms with van der Waals surface area (Å²) in [5.74, 6) is 1.13. The maximum Gasteiger partial charge on any atom is 0.229 e. The number of sulfone groups is 3. The molecule has 0 atom stereocenters. The van der Waals surface area contributed by atoms with Gasteiger partial charge < -0.3 is 14.2 Å². The highest BCUT2D eigenvalue weighted by atomic mass is 35.5. The van der Waals surface area contributed by atoms with Crippen molar-refractivity contribution >= 4 is 56.8 Å². The van der Waals surface area contributed by atoms with Crippen LogP contribution in [0, 0.1) is 47.4 Å². The van der Waals surface area contributed by atoms with Crippen LogP contribution in [0.15, 0.2) is 159 Å². The number of nitrogens with zero attached hydrogens (tertiary/aromatic N) is 13. The molecular formula is C105H136ClFN14O11S4. The molecule has 0 unspecified atom stereocenters. The molecular weight excluding hydrogens is 1820 g/mol. The fourth-order valence-electron chi connectivity index (χ4n) is 14.7. The van der Waals surface area contributed by atoms with Crippen molar-refractivity contribution < 1.29 is 52.3 Å². The quantitative estimate of drug-likeness (QED) is 0.0740. The first-order valence-electron chi connectivity index (χ1n) is 45.0. The standard InChI is InChI=1S/C19H24N2O2S.C18H23ClN2O.C18H23FN2O.C18H24N2O3S.2C16H21N3O2S/c1-13-18(19(2,3)4)21-17(11-20-13)15-7-5-6-14(10-15)12-24(22,23)16-8-9-16;2*1-11(2)22-16-8-7-13(9-14(16)19)15-10-20-12(3)17(21-15)18(4,5)6;1-12-17(18(2,3)4)20-15(10-19-12)13-7-8-16(23-5)14(9-13)11-24(6,21)22;1-11-15(16(2,3)4)19-14(9-18-11)13-6-12(7-17-8-13)10-22(5,20)21;1-11-15(16(2,3)4)18-14(10-17-11)12-6-8-13(9-7-12)19-22(5,20)21/h5-7,10-11,16H,8-9,12H2,1-4H3;2*7-11H,1-6H3;7-10H,11H2,1-6H3;6-9H,10H2,1-5H3;6-10,19H,1-5H3. The molecule has 7 heterocycles. The second-order valence-corrected chi connectivity index (χ2v) is 49.9. The highest BCUT2D eigenvalue weighted by molar-refractivity contribution is 7.92. The number of pyridine rings is 1. The first-order valence-corrected chi connectivity index (χ1v) is 53.1. The van der Waals surface area contributed by atoms with Gasteiger partial charge in [0.1, 0.15) is 11.5 Å². The molecule has 5 aromatic carbocycles. The Balaban J connectivity index is 0.000000201. The lowest BCUT2D eigenvalue weighted by Crippen LogP contribution is -2.17. The van der Waals surface area contributed by atoms with Gasteiger partial charge in [-0.3, -0.25) is 39.6 Å². The Morgan fingerprint density at radius 3 is 1.04 bits per heavy atom. The van der Waals surface area contributed by atoms with Crippen LogP contribution in [0.3, 0.4) is 0 Å². The lowest BCUT2D eigenvalue weighted by molar-refractivity contribution is 0.231. The summed E-state index contributed by atoms with van der Waals surface area (Å²) in [7, 11) is -11.0. The summed E-state index contributed by atoms with van der Waals surface area (Å²) in [6.07, 6.45) is 18.8. The summed E-state index contributed by atoms with van der Waals surface area (Å²) in [6.45, 7) is 57.3. The largest absolute Gasteiger partial charge is 0.496 e. The number of ether oxygens (including phenoxy) is 3. The number of rotatable bonds is 20. The Hall–Kier alpha value is -11.1.